The van der Waals surface area contributed by atoms with Crippen molar-refractivity contribution in [3.05, 3.63) is 63.9 Å². The van der Waals surface area contributed by atoms with Gasteiger partial charge in [0.25, 0.3) is 5.91 Å². The van der Waals surface area contributed by atoms with E-state index in [9.17, 15) is 10.1 Å². The molecule has 3 aromatic rings. The summed E-state index contributed by atoms with van der Waals surface area (Å²) in [5, 5.41) is 21.9. The first kappa shape index (κ1) is 18.8. The van der Waals surface area contributed by atoms with Gasteiger partial charge in [-0.05, 0) is 42.8 Å². The predicted octanol–water partition coefficient (Wildman–Crippen LogP) is 4.48. The molecule has 6 nitrogen and oxygen atoms in total. The van der Waals surface area contributed by atoms with Crippen LogP contribution in [0.2, 0.25) is 5.02 Å². The van der Waals surface area contributed by atoms with Gasteiger partial charge in [0, 0.05) is 29.0 Å². The van der Waals surface area contributed by atoms with E-state index < -0.39 is 5.91 Å². The molecule has 8 heteroatoms. The van der Waals surface area contributed by atoms with Crippen LogP contribution >= 0.6 is 22.9 Å². The van der Waals surface area contributed by atoms with Gasteiger partial charge < -0.3 is 4.57 Å². The molecule has 0 aliphatic heterocycles. The minimum absolute atomic E-state index is 0.0239. The zero-order valence-electron chi connectivity index (χ0n) is 14.5. The highest BCUT2D eigenvalue weighted by molar-refractivity contribution is 7.15. The van der Waals surface area contributed by atoms with Gasteiger partial charge in [-0.25, -0.2) is 0 Å². The molecular formula is C19H16ClN5OS. The van der Waals surface area contributed by atoms with E-state index in [0.29, 0.717) is 15.8 Å². The lowest BCUT2D eigenvalue weighted by Gasteiger charge is -2.07. The number of carbonyl (C=O) groups excluding carboxylic acids is 1. The lowest BCUT2D eigenvalue weighted by atomic mass is 10.2. The van der Waals surface area contributed by atoms with Crippen molar-refractivity contribution in [2.75, 3.05) is 5.32 Å². The zero-order valence-corrected chi connectivity index (χ0v) is 16.1. The van der Waals surface area contributed by atoms with Crippen LogP contribution in [-0.4, -0.2) is 20.7 Å². The number of amides is 1. The number of nitriles is 1. The predicted molar refractivity (Wildman–Crippen MR) is 107 cm³/mol. The maximum Gasteiger partial charge on any atom is 0.268 e. The smallest absolute Gasteiger partial charge is 0.268 e. The number of benzene rings is 1. The first-order valence-electron chi connectivity index (χ1n) is 8.29. The molecule has 0 atom stereocenters. The molecule has 0 bridgehead atoms. The van der Waals surface area contributed by atoms with Crippen molar-refractivity contribution in [2.45, 2.75) is 19.8 Å². The van der Waals surface area contributed by atoms with E-state index in [2.05, 4.69) is 15.5 Å². The van der Waals surface area contributed by atoms with Crippen LogP contribution in [0, 0.1) is 11.3 Å². The van der Waals surface area contributed by atoms with Crippen LogP contribution in [0.4, 0.5) is 5.13 Å². The van der Waals surface area contributed by atoms with E-state index in [4.69, 9.17) is 11.6 Å². The highest BCUT2D eigenvalue weighted by Crippen LogP contribution is 2.20. The van der Waals surface area contributed by atoms with Crippen LogP contribution in [-0.2, 0) is 11.2 Å². The van der Waals surface area contributed by atoms with Gasteiger partial charge in [-0.15, -0.1) is 10.2 Å². The van der Waals surface area contributed by atoms with E-state index in [1.54, 1.807) is 6.07 Å². The second-order valence-corrected chi connectivity index (χ2v) is 7.16. The monoisotopic (exact) mass is 397 g/mol. The first-order valence-corrected chi connectivity index (χ1v) is 9.49. The number of hydrogen-bond acceptors (Lipinski definition) is 5. The van der Waals surface area contributed by atoms with Gasteiger partial charge in [0.05, 0.1) is 0 Å². The van der Waals surface area contributed by atoms with Gasteiger partial charge in [0.15, 0.2) is 0 Å². The Morgan fingerprint density at radius 3 is 2.96 bits per heavy atom. The fourth-order valence-corrected chi connectivity index (χ4v) is 3.47. The number of anilines is 1. The lowest BCUT2D eigenvalue weighted by molar-refractivity contribution is -0.112. The average molecular weight is 398 g/mol. The van der Waals surface area contributed by atoms with Crippen LogP contribution in [0.1, 0.15) is 24.0 Å². The fraction of sp³-hybridized carbons (Fsp3) is 0.158. The van der Waals surface area contributed by atoms with E-state index in [-0.39, 0.29) is 5.57 Å². The third-order valence-corrected chi connectivity index (χ3v) is 4.81. The fourth-order valence-electron chi connectivity index (χ4n) is 2.45. The molecule has 0 saturated carbocycles. The van der Waals surface area contributed by atoms with E-state index in [0.717, 1.165) is 23.5 Å². The molecule has 0 saturated heterocycles. The third-order valence-electron chi connectivity index (χ3n) is 3.68. The molecule has 0 unspecified atom stereocenters. The molecule has 0 fully saturated rings. The number of nitrogens with one attached hydrogen (secondary N) is 1. The highest BCUT2D eigenvalue weighted by atomic mass is 35.5. The van der Waals surface area contributed by atoms with Gasteiger partial charge in [0.1, 0.15) is 16.6 Å². The molecule has 0 spiro atoms. The SMILES string of the molecule is CCCc1nnc(NC(=O)/C(C#N)=C\c2cccn2-c2cccc(Cl)c2)s1. The van der Waals surface area contributed by atoms with E-state index >= 15 is 0 Å². The van der Waals surface area contributed by atoms with Crippen LogP contribution < -0.4 is 5.32 Å². The topological polar surface area (TPSA) is 83.6 Å². The summed E-state index contributed by atoms with van der Waals surface area (Å²) in [4.78, 5) is 12.4. The van der Waals surface area contributed by atoms with E-state index in [1.807, 2.05) is 54.1 Å². The second-order valence-electron chi connectivity index (χ2n) is 5.66. The molecule has 1 amide bonds. The molecular weight excluding hydrogens is 382 g/mol. The van der Waals surface area contributed by atoms with Crippen LogP contribution in [0.5, 0.6) is 0 Å². The van der Waals surface area contributed by atoms with Crippen LogP contribution in [0.3, 0.4) is 0 Å². The Bertz CT molecular complexity index is 1030. The van der Waals surface area contributed by atoms with Crippen molar-refractivity contribution >= 4 is 40.1 Å². The average Bonchev–Trinajstić information content (AvgIpc) is 3.29. The summed E-state index contributed by atoms with van der Waals surface area (Å²) in [6, 6.07) is 12.9. The third kappa shape index (κ3) is 4.61. The van der Waals surface area contributed by atoms with Crippen LogP contribution in [0.25, 0.3) is 11.8 Å². The number of rotatable bonds is 6. The summed E-state index contributed by atoms with van der Waals surface area (Å²) in [7, 11) is 0. The Balaban J connectivity index is 1.83. The maximum atomic E-state index is 12.4. The van der Waals surface area contributed by atoms with Crippen molar-refractivity contribution in [3.63, 3.8) is 0 Å². The Kier molecular flexibility index (Phi) is 6.01. The summed E-state index contributed by atoms with van der Waals surface area (Å²) in [5.74, 6) is -0.518. The van der Waals surface area contributed by atoms with Crippen molar-refractivity contribution in [1.29, 1.82) is 5.26 Å². The Labute approximate surface area is 165 Å². The molecule has 3 rings (SSSR count). The first-order chi connectivity index (χ1) is 13.1. The van der Waals surface area contributed by atoms with Gasteiger partial charge in [-0.2, -0.15) is 5.26 Å². The van der Waals surface area contributed by atoms with Gasteiger partial charge in [-0.3, -0.25) is 10.1 Å². The highest BCUT2D eigenvalue weighted by Gasteiger charge is 2.14. The molecule has 0 aliphatic carbocycles. The summed E-state index contributed by atoms with van der Waals surface area (Å²) in [5.41, 5.74) is 1.50. The number of aromatic nitrogens is 3. The van der Waals surface area contributed by atoms with Crippen molar-refractivity contribution < 1.29 is 4.79 Å². The minimum atomic E-state index is -0.518. The van der Waals surface area contributed by atoms with Gasteiger partial charge in [0.2, 0.25) is 5.13 Å². The largest absolute Gasteiger partial charge is 0.317 e. The lowest BCUT2D eigenvalue weighted by Crippen LogP contribution is -2.13. The number of halogens is 1. The molecule has 0 aliphatic rings. The van der Waals surface area contributed by atoms with Crippen molar-refractivity contribution in [2.24, 2.45) is 0 Å². The summed E-state index contributed by atoms with van der Waals surface area (Å²) >= 11 is 7.37. The molecule has 2 heterocycles. The quantitative estimate of drug-likeness (QED) is 0.491. The summed E-state index contributed by atoms with van der Waals surface area (Å²) in [6.45, 7) is 2.05. The molecule has 0 radical (unpaired) electrons. The Morgan fingerprint density at radius 1 is 1.37 bits per heavy atom. The molecule has 27 heavy (non-hydrogen) atoms. The Hall–Kier alpha value is -2.95. The summed E-state index contributed by atoms with van der Waals surface area (Å²) in [6.07, 6.45) is 5.13. The molecule has 136 valence electrons. The van der Waals surface area contributed by atoms with E-state index in [1.165, 1.54) is 17.4 Å². The van der Waals surface area contributed by atoms with Gasteiger partial charge >= 0.3 is 0 Å². The number of hydrogen-bond donors (Lipinski definition) is 1. The zero-order chi connectivity index (χ0) is 19.2. The normalized spacial score (nSPS) is 11.2. The van der Waals surface area contributed by atoms with Crippen molar-refractivity contribution in [3.8, 4) is 11.8 Å². The minimum Gasteiger partial charge on any atom is -0.317 e. The number of aryl methyl sites for hydroxylation is 1. The standard InChI is InChI=1S/C19H16ClN5OS/c1-2-5-17-23-24-19(27-17)22-18(26)13(12-21)10-15-8-4-9-25(15)16-7-3-6-14(20)11-16/h3-4,6-11H,2,5H2,1H3,(H,22,24,26)/b13-10-. The van der Waals surface area contributed by atoms with Gasteiger partial charge in [-0.1, -0.05) is 35.9 Å². The summed E-state index contributed by atoms with van der Waals surface area (Å²) < 4.78 is 1.85. The number of nitrogens with zero attached hydrogens (tertiary/aromatic N) is 4. The Morgan fingerprint density at radius 2 is 2.22 bits per heavy atom. The molecule has 2 aromatic heterocycles. The van der Waals surface area contributed by atoms with Crippen LogP contribution in [0.15, 0.2) is 48.2 Å². The number of carbonyl (C=O) groups is 1. The maximum absolute atomic E-state index is 12.4. The second kappa shape index (κ2) is 8.62. The van der Waals surface area contributed by atoms with Crippen molar-refractivity contribution in [1.82, 2.24) is 14.8 Å². The molecule has 1 aromatic carbocycles. The molecule has 1 N–H and O–H groups in total.